The molecule has 21 heavy (non-hydrogen) atoms. The molecule has 4 nitrogen and oxygen atoms in total. The first-order chi connectivity index (χ1) is 10.3. The number of aromatic nitrogens is 2. The average molecular weight is 300 g/mol. The van der Waals surface area contributed by atoms with Gasteiger partial charge in [-0.2, -0.15) is 5.10 Å². The van der Waals surface area contributed by atoms with Crippen LogP contribution in [-0.4, -0.2) is 21.4 Å². The maximum absolute atomic E-state index is 5.20. The van der Waals surface area contributed by atoms with Crippen LogP contribution in [0.25, 0.3) is 5.69 Å². The molecule has 0 amide bonds. The first-order valence-corrected chi connectivity index (χ1v) is 7.63. The van der Waals surface area contributed by atoms with E-state index in [1.54, 1.807) is 10.9 Å². The summed E-state index contributed by atoms with van der Waals surface area (Å²) in [6.07, 6.45) is 7.13. The molecule has 0 aliphatic carbocycles. The third-order valence-electron chi connectivity index (χ3n) is 3.01. The molecule has 2 aromatic rings. The van der Waals surface area contributed by atoms with E-state index in [2.05, 4.69) is 22.3 Å². The van der Waals surface area contributed by atoms with Crippen molar-refractivity contribution in [2.75, 3.05) is 6.54 Å². The Kier molecular flexibility index (Phi) is 6.09. The molecule has 0 unspecified atom stereocenters. The standard InChI is InChI=1S/C16H20N4S/c1-2-3-7-11-17-16(21)19-14-10-12-20(18-13-14)15-8-5-4-6-9-15/h4-6,8-10,12-13H,2-3,7,11H2,1H3,(H,17,21). The molecule has 0 fully saturated rings. The third-order valence-corrected chi connectivity index (χ3v) is 3.24. The molecular weight excluding hydrogens is 280 g/mol. The van der Waals surface area contributed by atoms with E-state index in [4.69, 9.17) is 12.2 Å². The Labute approximate surface area is 130 Å². The SMILES string of the molecule is CCCCCNC(=S)N=c1ccn(-c2ccccc2)nc1. The molecule has 5 heteroatoms. The van der Waals surface area contributed by atoms with Gasteiger partial charge in [0.1, 0.15) is 0 Å². The predicted molar refractivity (Wildman–Crippen MR) is 89.3 cm³/mol. The van der Waals surface area contributed by atoms with Crippen molar-refractivity contribution in [3.8, 4) is 5.69 Å². The van der Waals surface area contributed by atoms with E-state index < -0.39 is 0 Å². The van der Waals surface area contributed by atoms with Gasteiger partial charge >= 0.3 is 0 Å². The van der Waals surface area contributed by atoms with Crippen LogP contribution < -0.4 is 10.7 Å². The van der Waals surface area contributed by atoms with Gasteiger partial charge in [0.25, 0.3) is 0 Å². The van der Waals surface area contributed by atoms with Crippen molar-refractivity contribution in [1.82, 2.24) is 15.1 Å². The molecule has 1 N–H and O–H groups in total. The summed E-state index contributed by atoms with van der Waals surface area (Å²) in [7, 11) is 0. The van der Waals surface area contributed by atoms with Gasteiger partial charge in [0.15, 0.2) is 5.11 Å². The van der Waals surface area contributed by atoms with Gasteiger partial charge in [-0.05, 0) is 36.8 Å². The highest BCUT2D eigenvalue weighted by Gasteiger charge is 1.95. The molecular formula is C16H20N4S. The molecule has 1 aromatic heterocycles. The summed E-state index contributed by atoms with van der Waals surface area (Å²) < 4.78 is 1.80. The first-order valence-electron chi connectivity index (χ1n) is 7.22. The van der Waals surface area contributed by atoms with Crippen molar-refractivity contribution in [3.05, 3.63) is 54.1 Å². The van der Waals surface area contributed by atoms with Crippen molar-refractivity contribution in [2.45, 2.75) is 26.2 Å². The lowest BCUT2D eigenvalue weighted by atomic mass is 10.2. The normalized spacial score (nSPS) is 11.4. The zero-order valence-electron chi connectivity index (χ0n) is 12.2. The van der Waals surface area contributed by atoms with Gasteiger partial charge in [0.2, 0.25) is 0 Å². The zero-order valence-corrected chi connectivity index (χ0v) is 13.0. The number of hydrogen-bond donors (Lipinski definition) is 1. The molecule has 0 aliphatic heterocycles. The molecule has 0 atom stereocenters. The lowest BCUT2D eigenvalue weighted by Crippen LogP contribution is -2.23. The molecule has 0 aliphatic rings. The minimum Gasteiger partial charge on any atom is -0.361 e. The number of thiocarbonyl (C=S) groups is 1. The maximum atomic E-state index is 5.20. The lowest BCUT2D eigenvalue weighted by molar-refractivity contribution is 0.696. The van der Waals surface area contributed by atoms with Gasteiger partial charge in [-0.25, -0.2) is 9.67 Å². The fourth-order valence-corrected chi connectivity index (χ4v) is 2.08. The molecule has 0 spiro atoms. The van der Waals surface area contributed by atoms with Crippen LogP contribution in [0.2, 0.25) is 0 Å². The second-order valence-corrected chi connectivity index (χ2v) is 5.10. The number of hydrogen-bond acceptors (Lipinski definition) is 2. The molecule has 0 radical (unpaired) electrons. The molecule has 1 heterocycles. The Morgan fingerprint density at radius 2 is 2.05 bits per heavy atom. The second-order valence-electron chi connectivity index (χ2n) is 4.72. The van der Waals surface area contributed by atoms with Crippen molar-refractivity contribution in [2.24, 2.45) is 4.99 Å². The highest BCUT2D eigenvalue weighted by atomic mass is 32.1. The highest BCUT2D eigenvalue weighted by molar-refractivity contribution is 7.80. The van der Waals surface area contributed by atoms with Crippen molar-refractivity contribution < 1.29 is 0 Å². The van der Waals surface area contributed by atoms with Gasteiger partial charge in [-0.3, -0.25) is 0 Å². The van der Waals surface area contributed by atoms with Crippen molar-refractivity contribution in [3.63, 3.8) is 0 Å². The van der Waals surface area contributed by atoms with Crippen LogP contribution in [-0.2, 0) is 0 Å². The van der Waals surface area contributed by atoms with E-state index in [0.717, 1.165) is 24.0 Å². The van der Waals surface area contributed by atoms with Gasteiger partial charge < -0.3 is 5.32 Å². The monoisotopic (exact) mass is 300 g/mol. The summed E-state index contributed by atoms with van der Waals surface area (Å²) >= 11 is 5.20. The number of unbranched alkanes of at least 4 members (excludes halogenated alkanes) is 2. The van der Waals surface area contributed by atoms with Crippen LogP contribution in [0, 0.1) is 0 Å². The Morgan fingerprint density at radius 3 is 2.71 bits per heavy atom. The van der Waals surface area contributed by atoms with Gasteiger partial charge in [0, 0.05) is 12.7 Å². The number of para-hydroxylation sites is 1. The summed E-state index contributed by atoms with van der Waals surface area (Å²) in [5.74, 6) is 0. The summed E-state index contributed by atoms with van der Waals surface area (Å²) in [5.41, 5.74) is 1.02. The fraction of sp³-hybridized carbons (Fsp3) is 0.312. The van der Waals surface area contributed by atoms with E-state index in [1.165, 1.54) is 12.8 Å². The first kappa shape index (κ1) is 15.4. The molecule has 1 aromatic carbocycles. The average Bonchev–Trinajstić information content (AvgIpc) is 2.53. The van der Waals surface area contributed by atoms with E-state index >= 15 is 0 Å². The Bertz CT molecular complexity index is 614. The van der Waals surface area contributed by atoms with E-state index in [9.17, 15) is 0 Å². The van der Waals surface area contributed by atoms with E-state index in [-0.39, 0.29) is 0 Å². The summed E-state index contributed by atoms with van der Waals surface area (Å²) in [6, 6.07) is 11.9. The van der Waals surface area contributed by atoms with Gasteiger partial charge in [0.05, 0.1) is 17.2 Å². The number of rotatable bonds is 5. The number of nitrogens with zero attached hydrogens (tertiary/aromatic N) is 3. The van der Waals surface area contributed by atoms with Crippen molar-refractivity contribution >= 4 is 17.3 Å². The molecule has 0 bridgehead atoms. The molecule has 0 saturated heterocycles. The highest BCUT2D eigenvalue weighted by Crippen LogP contribution is 2.02. The summed E-state index contributed by atoms with van der Waals surface area (Å²) in [4.78, 5) is 4.34. The van der Waals surface area contributed by atoms with Crippen LogP contribution in [0.5, 0.6) is 0 Å². The Morgan fingerprint density at radius 1 is 1.24 bits per heavy atom. The smallest absolute Gasteiger partial charge is 0.193 e. The van der Waals surface area contributed by atoms with Crippen LogP contribution in [0.4, 0.5) is 0 Å². The third kappa shape index (κ3) is 5.11. The summed E-state index contributed by atoms with van der Waals surface area (Å²) in [5, 5.41) is 8.77. The van der Waals surface area contributed by atoms with E-state index in [1.807, 2.05) is 42.6 Å². The zero-order chi connectivity index (χ0) is 14.9. The minimum absolute atomic E-state index is 0.519. The van der Waals surface area contributed by atoms with Crippen LogP contribution in [0.15, 0.2) is 53.8 Å². The number of nitrogens with one attached hydrogen (secondary N) is 1. The molecule has 2 rings (SSSR count). The predicted octanol–water partition coefficient (Wildman–Crippen LogP) is 2.84. The van der Waals surface area contributed by atoms with Crippen LogP contribution >= 0.6 is 12.2 Å². The fourth-order valence-electron chi connectivity index (χ4n) is 1.88. The van der Waals surface area contributed by atoms with Crippen molar-refractivity contribution in [1.29, 1.82) is 0 Å². The maximum Gasteiger partial charge on any atom is 0.193 e. The lowest BCUT2D eigenvalue weighted by Gasteiger charge is -2.04. The van der Waals surface area contributed by atoms with Crippen LogP contribution in [0.3, 0.4) is 0 Å². The molecule has 0 saturated carbocycles. The minimum atomic E-state index is 0.519. The Hall–Kier alpha value is -2.01. The Balaban J connectivity index is 1.98. The topological polar surface area (TPSA) is 42.2 Å². The molecule has 110 valence electrons. The quantitative estimate of drug-likeness (QED) is 0.682. The van der Waals surface area contributed by atoms with Gasteiger partial charge in [-0.1, -0.05) is 38.0 Å². The number of benzene rings is 1. The second kappa shape index (κ2) is 8.32. The van der Waals surface area contributed by atoms with E-state index in [0.29, 0.717) is 5.11 Å². The van der Waals surface area contributed by atoms with Crippen LogP contribution in [0.1, 0.15) is 26.2 Å². The summed E-state index contributed by atoms with van der Waals surface area (Å²) in [6.45, 7) is 3.06. The van der Waals surface area contributed by atoms with Gasteiger partial charge in [-0.15, -0.1) is 0 Å². The largest absolute Gasteiger partial charge is 0.361 e.